The molecule has 1 aromatic carbocycles. The van der Waals surface area contributed by atoms with E-state index in [1.807, 2.05) is 0 Å². The van der Waals surface area contributed by atoms with Gasteiger partial charge in [-0.1, -0.05) is 0 Å². The number of halogens is 1. The number of piperidine rings is 1. The fraction of sp³-hybridized carbons (Fsp3) is 0.500. The first-order chi connectivity index (χ1) is 13.7. The van der Waals surface area contributed by atoms with Crippen molar-refractivity contribution in [3.05, 3.63) is 42.0 Å². The summed E-state index contributed by atoms with van der Waals surface area (Å²) in [6.07, 6.45) is 3.74. The average molecular weight is 387 g/mol. The van der Waals surface area contributed by atoms with Crippen molar-refractivity contribution in [3.63, 3.8) is 0 Å². The van der Waals surface area contributed by atoms with Gasteiger partial charge in [0.25, 0.3) is 0 Å². The number of rotatable bonds is 5. The van der Waals surface area contributed by atoms with Crippen molar-refractivity contribution in [2.24, 2.45) is 0 Å². The summed E-state index contributed by atoms with van der Waals surface area (Å²) < 4.78 is 18.9. The summed E-state index contributed by atoms with van der Waals surface area (Å²) in [4.78, 5) is 13.4. The zero-order valence-electron chi connectivity index (χ0n) is 15.9. The maximum Gasteiger partial charge on any atom is 0.134 e. The molecule has 0 spiro atoms. The molecule has 2 aliphatic heterocycles. The molecule has 2 aromatic rings. The molecule has 2 saturated heterocycles. The van der Waals surface area contributed by atoms with Crippen LogP contribution in [-0.2, 0) is 11.3 Å². The maximum atomic E-state index is 13.4. The van der Waals surface area contributed by atoms with Crippen LogP contribution in [0.5, 0.6) is 5.75 Å². The van der Waals surface area contributed by atoms with E-state index in [1.165, 1.54) is 6.07 Å². The van der Waals surface area contributed by atoms with Crippen LogP contribution in [0.25, 0.3) is 0 Å². The Kier molecular flexibility index (Phi) is 5.87. The molecule has 2 aliphatic rings. The van der Waals surface area contributed by atoms with Gasteiger partial charge < -0.3 is 25.0 Å². The standard InChI is InChI=1S/C20H26FN5O2/c21-16-8-15(9-18(27)10-16)12-22-17-2-1-3-26(13-17)20-11-19(23-14-24-20)25-4-6-28-7-5-25/h8-11,14,17,22,27H,1-7,12-13H2. The van der Waals surface area contributed by atoms with E-state index < -0.39 is 5.82 Å². The molecule has 0 amide bonds. The van der Waals surface area contributed by atoms with Crippen LogP contribution in [0.15, 0.2) is 30.6 Å². The van der Waals surface area contributed by atoms with Crippen LogP contribution in [-0.4, -0.2) is 60.5 Å². The third kappa shape index (κ3) is 4.69. The van der Waals surface area contributed by atoms with E-state index in [0.29, 0.717) is 6.54 Å². The molecule has 0 radical (unpaired) electrons. The monoisotopic (exact) mass is 387 g/mol. The van der Waals surface area contributed by atoms with Gasteiger partial charge in [0.15, 0.2) is 0 Å². The van der Waals surface area contributed by atoms with E-state index in [2.05, 4.69) is 31.2 Å². The highest BCUT2D eigenvalue weighted by atomic mass is 19.1. The Morgan fingerprint density at radius 3 is 2.64 bits per heavy atom. The van der Waals surface area contributed by atoms with Gasteiger partial charge in [-0.05, 0) is 30.5 Å². The van der Waals surface area contributed by atoms with Gasteiger partial charge in [-0.3, -0.25) is 0 Å². The molecule has 2 N–H and O–H groups in total. The van der Waals surface area contributed by atoms with Crippen LogP contribution < -0.4 is 15.1 Å². The van der Waals surface area contributed by atoms with Crippen LogP contribution >= 0.6 is 0 Å². The van der Waals surface area contributed by atoms with Gasteiger partial charge in [-0.2, -0.15) is 0 Å². The number of nitrogens with one attached hydrogen (secondary N) is 1. The molecule has 0 aliphatic carbocycles. The lowest BCUT2D eigenvalue weighted by atomic mass is 10.1. The Balaban J connectivity index is 1.38. The average Bonchev–Trinajstić information content (AvgIpc) is 2.73. The fourth-order valence-corrected chi connectivity index (χ4v) is 3.82. The molecule has 28 heavy (non-hydrogen) atoms. The normalized spacial score (nSPS) is 20.4. The van der Waals surface area contributed by atoms with Gasteiger partial charge in [0, 0.05) is 50.9 Å². The van der Waals surface area contributed by atoms with Crippen LogP contribution in [0.4, 0.5) is 16.0 Å². The number of phenols is 1. The number of nitrogens with zero attached hydrogens (tertiary/aromatic N) is 4. The van der Waals surface area contributed by atoms with Crippen molar-refractivity contribution in [1.82, 2.24) is 15.3 Å². The van der Waals surface area contributed by atoms with Crippen LogP contribution in [0.2, 0.25) is 0 Å². The molecule has 1 unspecified atom stereocenters. The van der Waals surface area contributed by atoms with Gasteiger partial charge in [0.2, 0.25) is 0 Å². The largest absolute Gasteiger partial charge is 0.508 e. The summed E-state index contributed by atoms with van der Waals surface area (Å²) in [5.41, 5.74) is 0.742. The van der Waals surface area contributed by atoms with Gasteiger partial charge in [0.1, 0.15) is 29.5 Å². The highest BCUT2D eigenvalue weighted by molar-refractivity contribution is 5.50. The third-order valence-electron chi connectivity index (χ3n) is 5.26. The van der Waals surface area contributed by atoms with E-state index in [0.717, 1.165) is 75.5 Å². The Hall–Kier alpha value is -2.45. The molecule has 0 bridgehead atoms. The molecule has 1 atom stereocenters. The van der Waals surface area contributed by atoms with Gasteiger partial charge in [-0.15, -0.1) is 0 Å². The molecule has 2 fully saturated rings. The first kappa shape index (κ1) is 18.9. The number of phenolic OH excluding ortho intramolecular Hbond substituents is 1. The highest BCUT2D eigenvalue weighted by Crippen LogP contribution is 2.22. The molecule has 150 valence electrons. The fourth-order valence-electron chi connectivity index (χ4n) is 3.82. The smallest absolute Gasteiger partial charge is 0.134 e. The van der Waals surface area contributed by atoms with Crippen LogP contribution in [0.1, 0.15) is 18.4 Å². The zero-order valence-corrected chi connectivity index (χ0v) is 15.9. The molecule has 8 heteroatoms. The summed E-state index contributed by atoms with van der Waals surface area (Å²) in [6, 6.07) is 6.49. The Morgan fingerprint density at radius 1 is 1.07 bits per heavy atom. The summed E-state index contributed by atoms with van der Waals surface area (Å²) >= 11 is 0. The summed E-state index contributed by atoms with van der Waals surface area (Å²) in [5, 5.41) is 13.0. The minimum atomic E-state index is -0.418. The van der Waals surface area contributed by atoms with E-state index in [9.17, 15) is 9.50 Å². The number of benzene rings is 1. The molecule has 7 nitrogen and oxygen atoms in total. The highest BCUT2D eigenvalue weighted by Gasteiger charge is 2.22. The van der Waals surface area contributed by atoms with Gasteiger partial charge >= 0.3 is 0 Å². The Bertz CT molecular complexity index is 780. The Morgan fingerprint density at radius 2 is 1.86 bits per heavy atom. The summed E-state index contributed by atoms with van der Waals surface area (Å²) in [5.74, 6) is 1.42. The topological polar surface area (TPSA) is 73.8 Å². The molecular formula is C20H26FN5O2. The van der Waals surface area contributed by atoms with Crippen molar-refractivity contribution >= 4 is 11.6 Å². The lowest BCUT2D eigenvalue weighted by Crippen LogP contribution is -2.46. The Labute approximate surface area is 164 Å². The zero-order chi connectivity index (χ0) is 19.3. The molecule has 1 aromatic heterocycles. The second-order valence-electron chi connectivity index (χ2n) is 7.32. The molecule has 0 saturated carbocycles. The van der Waals surface area contributed by atoms with E-state index >= 15 is 0 Å². The number of morpholine rings is 1. The third-order valence-corrected chi connectivity index (χ3v) is 5.26. The molecular weight excluding hydrogens is 361 g/mol. The number of anilines is 2. The number of ether oxygens (including phenoxy) is 1. The lowest BCUT2D eigenvalue weighted by Gasteiger charge is -2.35. The number of aromatic nitrogens is 2. The quantitative estimate of drug-likeness (QED) is 0.812. The van der Waals surface area contributed by atoms with E-state index in [4.69, 9.17) is 4.74 Å². The molecule has 4 rings (SSSR count). The predicted octanol–water partition coefficient (Wildman–Crippen LogP) is 1.92. The van der Waals surface area contributed by atoms with Gasteiger partial charge in [0.05, 0.1) is 13.2 Å². The van der Waals surface area contributed by atoms with Crippen LogP contribution in [0.3, 0.4) is 0 Å². The van der Waals surface area contributed by atoms with E-state index in [1.54, 1.807) is 12.4 Å². The minimum absolute atomic E-state index is 0.0429. The SMILES string of the molecule is Oc1cc(F)cc(CNC2CCCN(c3cc(N4CCOCC4)ncn3)C2)c1. The van der Waals surface area contributed by atoms with Crippen molar-refractivity contribution in [3.8, 4) is 5.75 Å². The first-order valence-electron chi connectivity index (χ1n) is 9.79. The van der Waals surface area contributed by atoms with Crippen molar-refractivity contribution in [2.45, 2.75) is 25.4 Å². The summed E-state index contributed by atoms with van der Waals surface area (Å²) in [6.45, 7) is 5.46. The maximum absolute atomic E-state index is 13.4. The van der Waals surface area contributed by atoms with Crippen molar-refractivity contribution in [1.29, 1.82) is 0 Å². The molecule has 3 heterocycles. The second-order valence-corrected chi connectivity index (χ2v) is 7.32. The minimum Gasteiger partial charge on any atom is -0.508 e. The van der Waals surface area contributed by atoms with Crippen LogP contribution in [0, 0.1) is 5.82 Å². The number of aromatic hydroxyl groups is 1. The summed E-state index contributed by atoms with van der Waals surface area (Å²) in [7, 11) is 0. The number of hydrogen-bond acceptors (Lipinski definition) is 7. The van der Waals surface area contributed by atoms with Crippen molar-refractivity contribution < 1.29 is 14.2 Å². The number of hydrogen-bond donors (Lipinski definition) is 2. The lowest BCUT2D eigenvalue weighted by molar-refractivity contribution is 0.122. The first-order valence-corrected chi connectivity index (χ1v) is 9.79. The predicted molar refractivity (Wildman–Crippen MR) is 105 cm³/mol. The van der Waals surface area contributed by atoms with Gasteiger partial charge in [-0.25, -0.2) is 14.4 Å². The van der Waals surface area contributed by atoms with E-state index in [-0.39, 0.29) is 11.8 Å². The van der Waals surface area contributed by atoms with Crippen molar-refractivity contribution in [2.75, 3.05) is 49.2 Å². The second kappa shape index (κ2) is 8.70.